The SMILES string of the molecule is CC(C)O[C@H]1C(O)C[C@H](CO)[C@H](C(C)C)OC1OC=O. The van der Waals surface area contributed by atoms with Crippen LogP contribution >= 0.6 is 0 Å². The first kappa shape index (κ1) is 17.4. The van der Waals surface area contributed by atoms with Crippen molar-refractivity contribution in [1.29, 1.82) is 0 Å². The van der Waals surface area contributed by atoms with E-state index in [2.05, 4.69) is 0 Å². The highest BCUT2D eigenvalue weighted by Gasteiger charge is 2.42. The predicted octanol–water partition coefficient (Wildman–Crippen LogP) is 0.693. The van der Waals surface area contributed by atoms with Gasteiger partial charge in [-0.05, 0) is 26.2 Å². The summed E-state index contributed by atoms with van der Waals surface area (Å²) in [5, 5.41) is 19.8. The molecule has 2 unspecified atom stereocenters. The molecule has 0 radical (unpaired) electrons. The van der Waals surface area contributed by atoms with Crippen molar-refractivity contribution in [3.05, 3.63) is 0 Å². The summed E-state index contributed by atoms with van der Waals surface area (Å²) in [5.74, 6) is -0.0987. The van der Waals surface area contributed by atoms with Gasteiger partial charge in [0.15, 0.2) is 0 Å². The molecule has 6 heteroatoms. The highest BCUT2D eigenvalue weighted by atomic mass is 16.7. The molecule has 0 amide bonds. The fraction of sp³-hybridized carbons (Fsp3) is 0.929. The quantitative estimate of drug-likeness (QED) is 0.700. The van der Waals surface area contributed by atoms with E-state index in [1.165, 1.54) is 0 Å². The maximum atomic E-state index is 10.7. The number of ether oxygens (including phenoxy) is 3. The van der Waals surface area contributed by atoms with Gasteiger partial charge in [-0.3, -0.25) is 4.79 Å². The molecule has 0 aromatic heterocycles. The Kier molecular flexibility index (Phi) is 6.88. The summed E-state index contributed by atoms with van der Waals surface area (Å²) < 4.78 is 16.4. The maximum absolute atomic E-state index is 10.7. The molecule has 5 atom stereocenters. The van der Waals surface area contributed by atoms with Crippen LogP contribution in [0.1, 0.15) is 34.1 Å². The molecule has 0 aromatic rings. The Morgan fingerprint density at radius 2 is 2.00 bits per heavy atom. The molecule has 1 rings (SSSR count). The zero-order valence-electron chi connectivity index (χ0n) is 12.6. The fourth-order valence-corrected chi connectivity index (χ4v) is 2.62. The average Bonchev–Trinajstić information content (AvgIpc) is 2.49. The van der Waals surface area contributed by atoms with Crippen LogP contribution < -0.4 is 0 Å². The summed E-state index contributed by atoms with van der Waals surface area (Å²) in [7, 11) is 0. The van der Waals surface area contributed by atoms with E-state index < -0.39 is 18.5 Å². The van der Waals surface area contributed by atoms with Gasteiger partial charge >= 0.3 is 0 Å². The van der Waals surface area contributed by atoms with Crippen LogP contribution in [0.15, 0.2) is 0 Å². The van der Waals surface area contributed by atoms with Gasteiger partial charge in [-0.1, -0.05) is 13.8 Å². The molecule has 0 spiro atoms. The van der Waals surface area contributed by atoms with Crippen LogP contribution in [0.25, 0.3) is 0 Å². The van der Waals surface area contributed by atoms with E-state index in [4.69, 9.17) is 14.2 Å². The summed E-state index contributed by atoms with van der Waals surface area (Å²) in [4.78, 5) is 10.7. The lowest BCUT2D eigenvalue weighted by atomic mass is 9.89. The molecule has 0 aromatic carbocycles. The molecule has 6 nitrogen and oxygen atoms in total. The van der Waals surface area contributed by atoms with Gasteiger partial charge in [-0.15, -0.1) is 0 Å². The van der Waals surface area contributed by atoms with Crippen LogP contribution in [-0.2, 0) is 19.0 Å². The number of carbonyl (C=O) groups is 1. The summed E-state index contributed by atoms with van der Waals surface area (Å²) in [6.45, 7) is 7.79. The van der Waals surface area contributed by atoms with Crippen LogP contribution in [-0.4, -0.2) is 54.0 Å². The van der Waals surface area contributed by atoms with E-state index in [1.807, 2.05) is 27.7 Å². The van der Waals surface area contributed by atoms with Crippen LogP contribution in [0.5, 0.6) is 0 Å². The van der Waals surface area contributed by atoms with Gasteiger partial charge in [0.05, 0.1) is 18.3 Å². The number of rotatable bonds is 6. The highest BCUT2D eigenvalue weighted by Crippen LogP contribution is 2.31. The molecule has 1 heterocycles. The Labute approximate surface area is 120 Å². The third-order valence-electron chi connectivity index (χ3n) is 3.46. The number of aliphatic hydroxyl groups excluding tert-OH is 2. The maximum Gasteiger partial charge on any atom is 0.295 e. The van der Waals surface area contributed by atoms with Gasteiger partial charge in [-0.25, -0.2) is 0 Å². The molecule has 0 bridgehead atoms. The number of hydrogen-bond acceptors (Lipinski definition) is 6. The molecular weight excluding hydrogens is 264 g/mol. The van der Waals surface area contributed by atoms with E-state index in [0.717, 1.165) is 0 Å². The zero-order chi connectivity index (χ0) is 15.3. The monoisotopic (exact) mass is 290 g/mol. The van der Waals surface area contributed by atoms with Crippen molar-refractivity contribution in [2.24, 2.45) is 11.8 Å². The Morgan fingerprint density at radius 3 is 2.45 bits per heavy atom. The number of hydrogen-bond donors (Lipinski definition) is 2. The molecule has 1 saturated heterocycles. The van der Waals surface area contributed by atoms with Crippen molar-refractivity contribution in [1.82, 2.24) is 0 Å². The first-order chi connectivity index (χ1) is 9.40. The van der Waals surface area contributed by atoms with E-state index in [0.29, 0.717) is 12.9 Å². The van der Waals surface area contributed by atoms with Crippen molar-refractivity contribution >= 4 is 6.47 Å². The third kappa shape index (κ3) is 4.41. The summed E-state index contributed by atoms with van der Waals surface area (Å²) in [5.41, 5.74) is 0. The third-order valence-corrected chi connectivity index (χ3v) is 3.46. The van der Waals surface area contributed by atoms with E-state index in [9.17, 15) is 15.0 Å². The minimum absolute atomic E-state index is 0.0951. The number of carbonyl (C=O) groups excluding carboxylic acids is 1. The Morgan fingerprint density at radius 1 is 1.35 bits per heavy atom. The topological polar surface area (TPSA) is 85.2 Å². The Bertz CT molecular complexity index is 293. The average molecular weight is 290 g/mol. The lowest BCUT2D eigenvalue weighted by Gasteiger charge is -2.30. The van der Waals surface area contributed by atoms with Crippen LogP contribution in [0.4, 0.5) is 0 Å². The Hall–Kier alpha value is -0.690. The van der Waals surface area contributed by atoms with E-state index in [1.54, 1.807) is 0 Å². The summed E-state index contributed by atoms with van der Waals surface area (Å²) in [6, 6.07) is 0. The summed E-state index contributed by atoms with van der Waals surface area (Å²) in [6.07, 6.45) is -2.68. The van der Waals surface area contributed by atoms with E-state index in [-0.39, 0.29) is 30.7 Å². The predicted molar refractivity (Wildman–Crippen MR) is 71.9 cm³/mol. The smallest absolute Gasteiger partial charge is 0.295 e. The summed E-state index contributed by atoms with van der Waals surface area (Å²) >= 11 is 0. The lowest BCUT2D eigenvalue weighted by Crippen LogP contribution is -2.43. The molecule has 20 heavy (non-hydrogen) atoms. The second-order valence-corrected chi connectivity index (χ2v) is 5.84. The van der Waals surface area contributed by atoms with Crippen molar-refractivity contribution < 1.29 is 29.2 Å². The van der Waals surface area contributed by atoms with Gasteiger partial charge in [0.2, 0.25) is 6.29 Å². The number of aliphatic hydroxyl groups is 2. The second-order valence-electron chi connectivity index (χ2n) is 5.84. The second kappa shape index (κ2) is 7.93. The first-order valence-electron chi connectivity index (χ1n) is 7.09. The van der Waals surface area contributed by atoms with Crippen molar-refractivity contribution in [3.63, 3.8) is 0 Å². The lowest BCUT2D eigenvalue weighted by molar-refractivity contribution is -0.236. The van der Waals surface area contributed by atoms with Gasteiger partial charge < -0.3 is 24.4 Å². The molecule has 1 fully saturated rings. The zero-order valence-corrected chi connectivity index (χ0v) is 12.6. The molecule has 0 saturated carbocycles. The first-order valence-corrected chi connectivity index (χ1v) is 7.09. The van der Waals surface area contributed by atoms with Crippen molar-refractivity contribution in [3.8, 4) is 0 Å². The van der Waals surface area contributed by atoms with Crippen molar-refractivity contribution in [2.45, 2.75) is 64.8 Å². The van der Waals surface area contributed by atoms with Crippen molar-refractivity contribution in [2.75, 3.05) is 6.61 Å². The van der Waals surface area contributed by atoms with Crippen LogP contribution in [0.3, 0.4) is 0 Å². The molecule has 118 valence electrons. The Balaban J connectivity index is 2.97. The van der Waals surface area contributed by atoms with E-state index >= 15 is 0 Å². The van der Waals surface area contributed by atoms with Gasteiger partial charge in [0, 0.05) is 12.5 Å². The minimum atomic E-state index is -0.964. The van der Waals surface area contributed by atoms with Gasteiger partial charge in [0.25, 0.3) is 6.47 Å². The molecule has 0 aliphatic carbocycles. The minimum Gasteiger partial charge on any atom is -0.435 e. The van der Waals surface area contributed by atoms with Crippen LogP contribution in [0.2, 0.25) is 0 Å². The molecule has 2 N–H and O–H groups in total. The molecular formula is C14H26O6. The van der Waals surface area contributed by atoms with Crippen LogP contribution in [0, 0.1) is 11.8 Å². The molecule has 1 aliphatic heterocycles. The van der Waals surface area contributed by atoms with Gasteiger partial charge in [0.1, 0.15) is 6.10 Å². The van der Waals surface area contributed by atoms with Gasteiger partial charge in [-0.2, -0.15) is 0 Å². The molecule has 1 aliphatic rings. The highest BCUT2D eigenvalue weighted by molar-refractivity contribution is 5.37. The largest absolute Gasteiger partial charge is 0.435 e. The fourth-order valence-electron chi connectivity index (χ4n) is 2.62. The normalized spacial score (nSPS) is 35.1. The standard InChI is InChI=1S/C14H26O6/c1-8(2)12-10(6-15)5-11(17)13(19-9(3)4)14(20-12)18-7-16/h7-15,17H,5-6H2,1-4H3/t10-,11?,12+,13+,14?/m1/s1.